The number of nitrogens with two attached hydrogens (primary N) is 1. The van der Waals surface area contributed by atoms with Gasteiger partial charge in [-0.1, -0.05) is 24.3 Å². The molecule has 5 aromatic rings. The van der Waals surface area contributed by atoms with Crippen LogP contribution in [0.15, 0.2) is 69.7 Å². The number of nitrogen functional groups attached to an aromatic ring is 1. The maximum absolute atomic E-state index is 14.2. The molecule has 2 aromatic carbocycles. The summed E-state index contributed by atoms with van der Waals surface area (Å²) in [6.07, 6.45) is 11.7. The van der Waals surface area contributed by atoms with Gasteiger partial charge in [0.1, 0.15) is 63.9 Å². The minimum absolute atomic E-state index is 0.0136. The average molecular weight is 853 g/mol. The monoisotopic (exact) mass is 852 g/mol. The van der Waals surface area contributed by atoms with Crippen LogP contribution in [0.25, 0.3) is 17.0 Å². The third-order valence-corrected chi connectivity index (χ3v) is 14.9. The van der Waals surface area contributed by atoms with Crippen LogP contribution < -0.4 is 21.2 Å². The summed E-state index contributed by atoms with van der Waals surface area (Å²) in [5, 5.41) is 49.1. The van der Waals surface area contributed by atoms with E-state index in [1.165, 1.54) is 5.56 Å². The van der Waals surface area contributed by atoms with Gasteiger partial charge in [-0.05, 0) is 118 Å². The fourth-order valence-corrected chi connectivity index (χ4v) is 11.7. The number of esters is 1. The molecule has 3 aromatic heterocycles. The zero-order valence-corrected chi connectivity index (χ0v) is 35.8. The first-order chi connectivity index (χ1) is 30.3. The minimum atomic E-state index is -1.30. The summed E-state index contributed by atoms with van der Waals surface area (Å²) >= 11 is 0. The van der Waals surface area contributed by atoms with Gasteiger partial charge in [-0.3, -0.25) is 4.79 Å². The smallest absolute Gasteiger partial charge is 0.333 e. The normalized spacial score (nSPS) is 26.8. The third kappa shape index (κ3) is 6.33. The fraction of sp³-hybridized carbons (Fsp3) is 0.400. The number of anilines is 2. The maximum atomic E-state index is 14.2. The Hall–Kier alpha value is -6.18. The molecule has 63 heavy (non-hydrogen) atoms. The Balaban J connectivity index is 1.36. The first kappa shape index (κ1) is 40.9. The van der Waals surface area contributed by atoms with Gasteiger partial charge in [0.15, 0.2) is 5.43 Å². The lowest BCUT2D eigenvalue weighted by Gasteiger charge is -2.51. The van der Waals surface area contributed by atoms with Crippen molar-refractivity contribution in [3.63, 3.8) is 0 Å². The van der Waals surface area contributed by atoms with E-state index in [4.69, 9.17) is 29.6 Å². The van der Waals surface area contributed by atoms with E-state index in [1.807, 2.05) is 25.3 Å². The lowest BCUT2D eigenvalue weighted by molar-refractivity contribution is -0.168. The van der Waals surface area contributed by atoms with Gasteiger partial charge in [0.25, 0.3) is 0 Å². The van der Waals surface area contributed by atoms with Crippen molar-refractivity contribution >= 4 is 34.7 Å². The number of hydrogen-bond acceptors (Lipinski definition) is 13. The molecule has 0 spiro atoms. The zero-order valence-electron chi connectivity index (χ0n) is 35.8. The second-order valence-electron chi connectivity index (χ2n) is 18.2. The van der Waals surface area contributed by atoms with Crippen molar-refractivity contribution in [3.8, 4) is 17.2 Å². The fourth-order valence-electron chi connectivity index (χ4n) is 11.7. The summed E-state index contributed by atoms with van der Waals surface area (Å²) in [5.41, 5.74) is 12.7. The number of aliphatic hydroxyl groups excluding tert-OH is 2. The summed E-state index contributed by atoms with van der Waals surface area (Å²) in [4.78, 5) is 37.9. The highest BCUT2D eigenvalue weighted by molar-refractivity contribution is 5.92. The van der Waals surface area contributed by atoms with Crippen molar-refractivity contribution in [2.24, 2.45) is 11.8 Å². The topological polar surface area (TPSA) is 210 Å². The Kier molecular flexibility index (Phi) is 9.90. The number of aryl methyl sites for hydroxylation is 1. The number of pyridine rings is 2. The van der Waals surface area contributed by atoms with E-state index in [0.717, 1.165) is 39.7 Å². The van der Waals surface area contributed by atoms with Gasteiger partial charge in [-0.2, -0.15) is 0 Å². The summed E-state index contributed by atoms with van der Waals surface area (Å²) in [6.45, 7) is 6.52. The van der Waals surface area contributed by atoms with Gasteiger partial charge in [-0.15, -0.1) is 0 Å². The highest BCUT2D eigenvalue weighted by Crippen LogP contribution is 2.60. The predicted octanol–water partition coefficient (Wildman–Crippen LogP) is 6.84. The number of aromatic hydroxyl groups is 2. The van der Waals surface area contributed by atoms with Crippen LogP contribution in [0.4, 0.5) is 11.6 Å². The Morgan fingerprint density at radius 2 is 1.87 bits per heavy atom. The minimum Gasteiger partial charge on any atom is -0.508 e. The standard InChI is InChI=1S/C50H52N4O9/c1-5-23(2)49(60)62-39-19-35-44(59)42-38(58)18-28(21-55)61-46(42)43-40-33-14-15-52-47(51)41(33)31(11-8-25-7-9-27(57)17-34(25)36(40)22-56)30-13-12-29-26(16-37(30)50(39,4)63-45(35)43)20-53-48-32(29)10-6-24(3)54-48/h5-7,9-10,14-15,17-18,20,24,30-31,36-37,39-40,55-57,59H,8,11-13,16,19,21-22H2,1-4H3,(H2,51,52)(H,53,54)/b23-5-/t24-,30-,31-,36-,37+,39-,40-,50+/m1/s1. The SMILES string of the molecule is C/C=C(/C)C(=O)O[C@@H]1Cc2c3c(c4oc(CO)cc(=O)c4c2O)[C@@H]2c4ccnc(N)c4[C@H](CCc4ccc(O)cc4[C@H]2CO)[C@H]2CCc4c(cnc5c4C=C[C@@H](C)N5)C[C@@H]2[C@]1(C)O3. The highest BCUT2D eigenvalue weighted by Gasteiger charge is 2.57. The van der Waals surface area contributed by atoms with E-state index in [1.54, 1.807) is 38.3 Å². The number of carbonyl (C=O) groups is 1. The number of aliphatic hydroxyl groups is 2. The third-order valence-electron chi connectivity index (χ3n) is 14.9. The Morgan fingerprint density at radius 3 is 2.65 bits per heavy atom. The number of phenols is 2. The Morgan fingerprint density at radius 1 is 1.05 bits per heavy atom. The Bertz CT molecular complexity index is 2850. The molecule has 10 rings (SSSR count). The van der Waals surface area contributed by atoms with Gasteiger partial charge in [0.2, 0.25) is 0 Å². The van der Waals surface area contributed by atoms with Crippen LogP contribution in [0, 0.1) is 11.8 Å². The molecule has 0 unspecified atom stereocenters. The van der Waals surface area contributed by atoms with Crippen LogP contribution in [0.1, 0.15) is 114 Å². The molecule has 0 fully saturated rings. The molecule has 5 aliphatic rings. The van der Waals surface area contributed by atoms with Crippen LogP contribution in [-0.2, 0) is 41.8 Å². The number of rotatable bonds is 4. The van der Waals surface area contributed by atoms with E-state index >= 15 is 0 Å². The van der Waals surface area contributed by atoms with Crippen LogP contribution in [0.5, 0.6) is 17.2 Å². The number of hydrogen-bond donors (Lipinski definition) is 6. The van der Waals surface area contributed by atoms with Gasteiger partial charge in [0.05, 0.1) is 6.61 Å². The second kappa shape index (κ2) is 15.3. The van der Waals surface area contributed by atoms with Crippen molar-refractivity contribution in [2.45, 2.75) is 108 Å². The molecule has 0 saturated carbocycles. The first-order valence-corrected chi connectivity index (χ1v) is 22.0. The molecular formula is C50H52N4O9. The van der Waals surface area contributed by atoms with Crippen molar-refractivity contribution < 1.29 is 39.1 Å². The summed E-state index contributed by atoms with van der Waals surface area (Å²) in [5.74, 6) is -2.01. The van der Waals surface area contributed by atoms with E-state index in [-0.39, 0.29) is 69.8 Å². The number of carbonyl (C=O) groups excluding carboxylic acids is 1. The van der Waals surface area contributed by atoms with Gasteiger partial charge < -0.3 is 45.4 Å². The molecule has 8 atom stereocenters. The quantitative estimate of drug-likeness (QED) is 0.0809. The summed E-state index contributed by atoms with van der Waals surface area (Å²) in [7, 11) is 0. The van der Waals surface area contributed by atoms with Crippen LogP contribution in [-0.4, -0.2) is 60.7 Å². The Labute approximate surface area is 364 Å². The summed E-state index contributed by atoms with van der Waals surface area (Å²) in [6, 6.07) is 8.43. The molecule has 4 bridgehead atoms. The van der Waals surface area contributed by atoms with Gasteiger partial charge in [0, 0.05) is 76.5 Å². The molecule has 13 heteroatoms. The predicted molar refractivity (Wildman–Crippen MR) is 237 cm³/mol. The highest BCUT2D eigenvalue weighted by atomic mass is 16.6. The number of nitrogens with zero attached hydrogens (tertiary/aromatic N) is 2. The number of allylic oxidation sites excluding steroid dienone is 1. The van der Waals surface area contributed by atoms with Crippen LogP contribution in [0.2, 0.25) is 0 Å². The molecule has 0 saturated heterocycles. The van der Waals surface area contributed by atoms with Crippen molar-refractivity contribution in [1.29, 1.82) is 0 Å². The molecule has 6 heterocycles. The van der Waals surface area contributed by atoms with Crippen LogP contribution >= 0.6 is 0 Å². The van der Waals surface area contributed by atoms with E-state index in [9.17, 15) is 30.0 Å². The number of fused-ring (bicyclic) bond motifs is 11. The molecule has 326 valence electrons. The van der Waals surface area contributed by atoms with E-state index in [0.29, 0.717) is 54.6 Å². The second-order valence-corrected chi connectivity index (χ2v) is 18.2. The molecule has 0 radical (unpaired) electrons. The lowest BCUT2D eigenvalue weighted by atomic mass is 9.62. The first-order valence-electron chi connectivity index (χ1n) is 22.0. The molecular weight excluding hydrogens is 801 g/mol. The summed E-state index contributed by atoms with van der Waals surface area (Å²) < 4.78 is 20.6. The van der Waals surface area contributed by atoms with Crippen molar-refractivity contribution in [1.82, 2.24) is 9.97 Å². The molecule has 13 nitrogen and oxygen atoms in total. The van der Waals surface area contributed by atoms with Gasteiger partial charge in [-0.25, -0.2) is 14.8 Å². The number of aromatic nitrogens is 2. The van der Waals surface area contributed by atoms with E-state index < -0.39 is 48.2 Å². The molecule has 2 aliphatic carbocycles. The number of phenolic OH excluding ortho intramolecular Hbond substituents is 2. The van der Waals surface area contributed by atoms with Crippen molar-refractivity contribution in [2.75, 3.05) is 17.7 Å². The number of benzene rings is 2. The number of ether oxygens (including phenoxy) is 2. The van der Waals surface area contributed by atoms with Gasteiger partial charge >= 0.3 is 5.97 Å². The number of nitrogens with one attached hydrogen (secondary N) is 1. The molecule has 0 amide bonds. The molecule has 3 aliphatic heterocycles. The largest absolute Gasteiger partial charge is 0.508 e. The lowest BCUT2D eigenvalue weighted by Crippen LogP contribution is -2.59. The van der Waals surface area contributed by atoms with E-state index in [2.05, 4.69) is 24.4 Å². The molecule has 7 N–H and O–H groups in total. The average Bonchev–Trinajstić information content (AvgIpc) is 3.44. The maximum Gasteiger partial charge on any atom is 0.333 e. The zero-order chi connectivity index (χ0) is 44.1. The van der Waals surface area contributed by atoms with Crippen molar-refractivity contribution in [3.05, 3.63) is 127 Å². The van der Waals surface area contributed by atoms with Crippen LogP contribution in [0.3, 0.4) is 0 Å².